The van der Waals surface area contributed by atoms with Crippen molar-refractivity contribution in [3.63, 3.8) is 0 Å². The number of aliphatic carboxylic acids is 1. The molecule has 1 heterocycles. The van der Waals surface area contributed by atoms with Crippen LogP contribution in [0.5, 0.6) is 0 Å². The number of rotatable bonds is 8. The second-order valence-corrected chi connectivity index (χ2v) is 5.64. The van der Waals surface area contributed by atoms with Crippen LogP contribution < -0.4 is 5.32 Å². The van der Waals surface area contributed by atoms with Gasteiger partial charge in [-0.3, -0.25) is 9.59 Å². The molecule has 0 aliphatic carbocycles. The zero-order valence-corrected chi connectivity index (χ0v) is 13.6. The minimum Gasteiger partial charge on any atom is -0.481 e. The molecule has 0 radical (unpaired) electrons. The summed E-state index contributed by atoms with van der Waals surface area (Å²) in [6.07, 6.45) is 1.95. The Morgan fingerprint density at radius 1 is 1.32 bits per heavy atom. The summed E-state index contributed by atoms with van der Waals surface area (Å²) in [5, 5.41) is 11.3. The molecule has 0 aliphatic heterocycles. The standard InChI is InChI=1S/C17H18F2N2O4/c1-10(2-7-17(23)24)21-15(22)5-6-16-20-9-14(25-16)12-4-3-11(18)8-13(12)19/h3-4,8-10H,2,5-7H2,1H3,(H,21,22)(H,23,24). The average molecular weight is 352 g/mol. The number of nitrogens with one attached hydrogen (secondary N) is 1. The van der Waals surface area contributed by atoms with E-state index in [-0.39, 0.29) is 48.4 Å². The lowest BCUT2D eigenvalue weighted by Gasteiger charge is -2.12. The number of amides is 1. The highest BCUT2D eigenvalue weighted by atomic mass is 19.1. The van der Waals surface area contributed by atoms with Gasteiger partial charge in [-0.1, -0.05) is 0 Å². The van der Waals surface area contributed by atoms with Crippen LogP contribution in [0, 0.1) is 11.6 Å². The van der Waals surface area contributed by atoms with Crippen molar-refractivity contribution in [2.45, 2.75) is 38.6 Å². The molecule has 134 valence electrons. The minimum atomic E-state index is -0.915. The molecule has 2 N–H and O–H groups in total. The molecule has 1 amide bonds. The number of aromatic nitrogens is 1. The highest BCUT2D eigenvalue weighted by Crippen LogP contribution is 2.24. The summed E-state index contributed by atoms with van der Waals surface area (Å²) in [4.78, 5) is 26.3. The predicted octanol–water partition coefficient (Wildman–Crippen LogP) is 2.92. The van der Waals surface area contributed by atoms with Gasteiger partial charge in [0.05, 0.1) is 11.8 Å². The van der Waals surface area contributed by atoms with Gasteiger partial charge in [0.25, 0.3) is 0 Å². The maximum absolute atomic E-state index is 13.7. The first-order valence-electron chi connectivity index (χ1n) is 7.76. The van der Waals surface area contributed by atoms with Crippen LogP contribution in [0.15, 0.2) is 28.8 Å². The van der Waals surface area contributed by atoms with Gasteiger partial charge in [-0.25, -0.2) is 13.8 Å². The number of oxazole rings is 1. The molecular formula is C17H18F2N2O4. The first-order valence-corrected chi connectivity index (χ1v) is 7.76. The zero-order valence-electron chi connectivity index (χ0n) is 13.6. The van der Waals surface area contributed by atoms with Crippen molar-refractivity contribution in [3.05, 3.63) is 41.9 Å². The molecule has 1 aromatic carbocycles. The number of nitrogens with zero attached hydrogens (tertiary/aromatic N) is 1. The smallest absolute Gasteiger partial charge is 0.303 e. The number of hydrogen-bond acceptors (Lipinski definition) is 4. The van der Waals surface area contributed by atoms with Crippen LogP contribution in [0.25, 0.3) is 11.3 Å². The Morgan fingerprint density at radius 2 is 2.08 bits per heavy atom. The first-order chi connectivity index (χ1) is 11.8. The van der Waals surface area contributed by atoms with E-state index in [2.05, 4.69) is 10.3 Å². The van der Waals surface area contributed by atoms with Gasteiger partial charge >= 0.3 is 5.97 Å². The second-order valence-electron chi connectivity index (χ2n) is 5.64. The Labute approximate surface area is 142 Å². The number of carbonyl (C=O) groups is 2. The van der Waals surface area contributed by atoms with Crippen LogP contribution in [-0.2, 0) is 16.0 Å². The number of halogens is 2. The van der Waals surface area contributed by atoms with Crippen molar-refractivity contribution in [2.24, 2.45) is 0 Å². The van der Waals surface area contributed by atoms with Crippen LogP contribution in [0.4, 0.5) is 8.78 Å². The number of aryl methyl sites for hydroxylation is 1. The number of hydrogen-bond donors (Lipinski definition) is 2. The highest BCUT2D eigenvalue weighted by molar-refractivity contribution is 5.76. The van der Waals surface area contributed by atoms with Crippen molar-refractivity contribution in [1.82, 2.24) is 10.3 Å². The summed E-state index contributed by atoms with van der Waals surface area (Å²) in [6, 6.07) is 2.87. The van der Waals surface area contributed by atoms with Gasteiger partial charge in [-0.15, -0.1) is 0 Å². The SMILES string of the molecule is CC(CCC(=O)O)NC(=O)CCc1ncc(-c2ccc(F)cc2F)o1. The van der Waals surface area contributed by atoms with E-state index >= 15 is 0 Å². The Bertz CT molecular complexity index is 761. The summed E-state index contributed by atoms with van der Waals surface area (Å²) in [7, 11) is 0. The summed E-state index contributed by atoms with van der Waals surface area (Å²) >= 11 is 0. The molecule has 25 heavy (non-hydrogen) atoms. The van der Waals surface area contributed by atoms with Crippen molar-refractivity contribution in [1.29, 1.82) is 0 Å². The lowest BCUT2D eigenvalue weighted by molar-refractivity contribution is -0.137. The molecule has 1 unspecified atom stereocenters. The van der Waals surface area contributed by atoms with E-state index in [1.54, 1.807) is 6.92 Å². The van der Waals surface area contributed by atoms with E-state index in [0.717, 1.165) is 12.1 Å². The third kappa shape index (κ3) is 5.66. The first kappa shape index (κ1) is 18.6. The second kappa shape index (κ2) is 8.36. The number of carboxylic acid groups (broad SMARTS) is 1. The van der Waals surface area contributed by atoms with Gasteiger partial charge in [0.15, 0.2) is 11.7 Å². The van der Waals surface area contributed by atoms with Gasteiger partial charge in [-0.05, 0) is 25.5 Å². The highest BCUT2D eigenvalue weighted by Gasteiger charge is 2.14. The van der Waals surface area contributed by atoms with Gasteiger partial charge < -0.3 is 14.8 Å². The summed E-state index contributed by atoms with van der Waals surface area (Å²) in [5.41, 5.74) is 0.0897. The van der Waals surface area contributed by atoms with Gasteiger partial charge in [0, 0.05) is 31.4 Å². The van der Waals surface area contributed by atoms with Crippen LogP contribution >= 0.6 is 0 Å². The van der Waals surface area contributed by atoms with Crippen LogP contribution in [0.2, 0.25) is 0 Å². The summed E-state index contributed by atoms with van der Waals surface area (Å²) in [6.45, 7) is 1.72. The van der Waals surface area contributed by atoms with E-state index in [4.69, 9.17) is 9.52 Å². The third-order valence-electron chi connectivity index (χ3n) is 3.51. The summed E-state index contributed by atoms with van der Waals surface area (Å²) < 4.78 is 32.0. The average Bonchev–Trinajstić information content (AvgIpc) is 2.99. The molecule has 2 rings (SSSR count). The number of carboxylic acids is 1. The van der Waals surface area contributed by atoms with Crippen LogP contribution in [0.3, 0.4) is 0 Å². The molecule has 0 aliphatic rings. The maximum atomic E-state index is 13.7. The van der Waals surface area contributed by atoms with E-state index < -0.39 is 17.6 Å². The van der Waals surface area contributed by atoms with E-state index in [1.165, 1.54) is 12.3 Å². The number of benzene rings is 1. The van der Waals surface area contributed by atoms with Gasteiger partial charge in [-0.2, -0.15) is 0 Å². The van der Waals surface area contributed by atoms with Crippen molar-refractivity contribution >= 4 is 11.9 Å². The predicted molar refractivity (Wildman–Crippen MR) is 84.7 cm³/mol. The molecule has 0 saturated heterocycles. The maximum Gasteiger partial charge on any atom is 0.303 e. The van der Waals surface area contributed by atoms with E-state index in [9.17, 15) is 18.4 Å². The fraction of sp³-hybridized carbons (Fsp3) is 0.353. The molecule has 2 aromatic rings. The largest absolute Gasteiger partial charge is 0.481 e. The molecule has 1 aromatic heterocycles. The Hall–Kier alpha value is -2.77. The topological polar surface area (TPSA) is 92.4 Å². The normalized spacial score (nSPS) is 12.0. The van der Waals surface area contributed by atoms with Crippen LogP contribution in [0.1, 0.15) is 32.1 Å². The molecule has 1 atom stereocenters. The number of carbonyl (C=O) groups excluding carboxylic acids is 1. The molecule has 6 nitrogen and oxygen atoms in total. The Morgan fingerprint density at radius 3 is 2.76 bits per heavy atom. The minimum absolute atomic E-state index is 0.0201. The molecule has 0 fully saturated rings. The lowest BCUT2D eigenvalue weighted by atomic mass is 10.1. The lowest BCUT2D eigenvalue weighted by Crippen LogP contribution is -2.33. The quantitative estimate of drug-likeness (QED) is 0.762. The zero-order chi connectivity index (χ0) is 18.4. The molecule has 0 saturated carbocycles. The van der Waals surface area contributed by atoms with Crippen molar-refractivity contribution in [2.75, 3.05) is 0 Å². The molecule has 0 spiro atoms. The Balaban J connectivity index is 1.87. The van der Waals surface area contributed by atoms with Crippen molar-refractivity contribution in [3.8, 4) is 11.3 Å². The fourth-order valence-corrected chi connectivity index (χ4v) is 2.22. The van der Waals surface area contributed by atoms with E-state index in [1.807, 2.05) is 0 Å². The molecule has 0 bridgehead atoms. The Kier molecular flexibility index (Phi) is 6.21. The van der Waals surface area contributed by atoms with E-state index in [0.29, 0.717) is 6.42 Å². The van der Waals surface area contributed by atoms with Gasteiger partial charge in [0.1, 0.15) is 11.6 Å². The van der Waals surface area contributed by atoms with Crippen molar-refractivity contribution < 1.29 is 27.9 Å². The monoisotopic (exact) mass is 352 g/mol. The summed E-state index contributed by atoms with van der Waals surface area (Å²) in [5.74, 6) is -2.20. The third-order valence-corrected chi connectivity index (χ3v) is 3.51. The van der Waals surface area contributed by atoms with Gasteiger partial charge in [0.2, 0.25) is 5.91 Å². The fourth-order valence-electron chi connectivity index (χ4n) is 2.22. The molecule has 8 heteroatoms. The molecular weight excluding hydrogens is 334 g/mol. The van der Waals surface area contributed by atoms with Crippen LogP contribution in [-0.4, -0.2) is 28.0 Å².